The molecule has 0 bridgehead atoms. The van der Waals surface area contributed by atoms with Crippen LogP contribution >= 0.6 is 23.4 Å². The van der Waals surface area contributed by atoms with Gasteiger partial charge in [0.25, 0.3) is 0 Å². The van der Waals surface area contributed by atoms with Crippen LogP contribution in [0.25, 0.3) is 0 Å². The van der Waals surface area contributed by atoms with Crippen LogP contribution < -0.4 is 11.0 Å². The molecule has 3 rings (SSSR count). The molecule has 1 heterocycles. The van der Waals surface area contributed by atoms with Crippen LogP contribution in [0.5, 0.6) is 0 Å². The fourth-order valence-electron chi connectivity index (χ4n) is 3.19. The molecule has 0 unspecified atom stereocenters. The van der Waals surface area contributed by atoms with E-state index in [2.05, 4.69) is 10.3 Å². The highest BCUT2D eigenvalue weighted by Crippen LogP contribution is 2.29. The smallest absolute Gasteiger partial charge is 0.348 e. The van der Waals surface area contributed by atoms with Crippen molar-refractivity contribution in [1.82, 2.24) is 14.9 Å². The second-order valence-electron chi connectivity index (χ2n) is 6.36. The summed E-state index contributed by atoms with van der Waals surface area (Å²) in [6.07, 6.45) is 3.22. The maximum atomic E-state index is 12.3. The van der Waals surface area contributed by atoms with Crippen LogP contribution in [0, 0.1) is 0 Å². The Bertz CT molecular complexity index is 885. The van der Waals surface area contributed by atoms with Gasteiger partial charge < -0.3 is 10.4 Å². The molecule has 144 valence electrons. The zero-order valence-corrected chi connectivity index (χ0v) is 16.5. The molecule has 0 saturated carbocycles. The third-order valence-electron chi connectivity index (χ3n) is 4.51. The molecule has 6 nitrogen and oxygen atoms in total. The Balaban J connectivity index is 1.63. The Morgan fingerprint density at radius 2 is 2.15 bits per heavy atom. The van der Waals surface area contributed by atoms with Crippen LogP contribution in [-0.4, -0.2) is 32.9 Å². The summed E-state index contributed by atoms with van der Waals surface area (Å²) < 4.78 is 1.67. The van der Waals surface area contributed by atoms with Crippen LogP contribution in [0.1, 0.15) is 29.7 Å². The molecule has 1 aliphatic carbocycles. The van der Waals surface area contributed by atoms with Gasteiger partial charge in [-0.2, -0.15) is 4.98 Å². The van der Waals surface area contributed by atoms with Crippen LogP contribution in [0.3, 0.4) is 0 Å². The Morgan fingerprint density at radius 1 is 1.33 bits per heavy atom. The summed E-state index contributed by atoms with van der Waals surface area (Å²) >= 11 is 7.39. The second kappa shape index (κ2) is 9.39. The first-order valence-electron chi connectivity index (χ1n) is 8.96. The highest BCUT2D eigenvalue weighted by atomic mass is 35.5. The predicted molar refractivity (Wildman–Crippen MR) is 106 cm³/mol. The highest BCUT2D eigenvalue weighted by molar-refractivity contribution is 7.99. The number of rotatable bonds is 8. The lowest BCUT2D eigenvalue weighted by Crippen LogP contribution is -2.28. The van der Waals surface area contributed by atoms with Crippen LogP contribution in [0.4, 0.5) is 0 Å². The SMILES string of the molecule is O=C(CSc1nc(=O)n(CCCO)c2c1CCC2)NCc1ccccc1Cl. The number of benzene rings is 1. The van der Waals surface area contributed by atoms with E-state index in [1.807, 2.05) is 18.2 Å². The molecule has 2 aromatic rings. The molecule has 1 aromatic carbocycles. The maximum absolute atomic E-state index is 12.3. The topological polar surface area (TPSA) is 84.2 Å². The number of hydrogen-bond donors (Lipinski definition) is 2. The second-order valence-corrected chi connectivity index (χ2v) is 7.74. The lowest BCUT2D eigenvalue weighted by molar-refractivity contribution is -0.118. The van der Waals surface area contributed by atoms with Gasteiger partial charge in [0, 0.05) is 36.0 Å². The molecule has 0 saturated heterocycles. The third-order valence-corrected chi connectivity index (χ3v) is 5.90. The van der Waals surface area contributed by atoms with Gasteiger partial charge in [0.2, 0.25) is 5.91 Å². The van der Waals surface area contributed by atoms with Crippen molar-refractivity contribution in [3.05, 3.63) is 56.6 Å². The Hall–Kier alpha value is -1.83. The summed E-state index contributed by atoms with van der Waals surface area (Å²) in [5.41, 5.74) is 2.63. The molecule has 1 aromatic heterocycles. The molecule has 0 spiro atoms. The lowest BCUT2D eigenvalue weighted by Gasteiger charge is -2.13. The molecule has 1 aliphatic rings. The summed E-state index contributed by atoms with van der Waals surface area (Å²) in [6.45, 7) is 0.893. The van der Waals surface area contributed by atoms with Crippen molar-refractivity contribution in [2.45, 2.75) is 43.8 Å². The maximum Gasteiger partial charge on any atom is 0.348 e. The fourth-order valence-corrected chi connectivity index (χ4v) is 4.29. The molecule has 27 heavy (non-hydrogen) atoms. The van der Waals surface area contributed by atoms with Gasteiger partial charge in [-0.05, 0) is 37.3 Å². The molecular weight excluding hydrogens is 386 g/mol. The van der Waals surface area contributed by atoms with Gasteiger partial charge in [-0.25, -0.2) is 4.79 Å². The zero-order valence-electron chi connectivity index (χ0n) is 14.9. The molecular formula is C19H22ClN3O3S. The third kappa shape index (κ3) is 4.91. The van der Waals surface area contributed by atoms with E-state index in [0.29, 0.717) is 29.6 Å². The van der Waals surface area contributed by atoms with Gasteiger partial charge >= 0.3 is 5.69 Å². The van der Waals surface area contributed by atoms with E-state index in [1.165, 1.54) is 11.8 Å². The van der Waals surface area contributed by atoms with Crippen molar-refractivity contribution in [3.8, 4) is 0 Å². The van der Waals surface area contributed by atoms with E-state index in [4.69, 9.17) is 16.7 Å². The van der Waals surface area contributed by atoms with Gasteiger partial charge in [0.05, 0.1) is 5.75 Å². The van der Waals surface area contributed by atoms with E-state index in [9.17, 15) is 9.59 Å². The van der Waals surface area contributed by atoms with E-state index in [1.54, 1.807) is 10.6 Å². The average molecular weight is 408 g/mol. The number of carbonyl (C=O) groups excluding carboxylic acids is 1. The number of fused-ring (bicyclic) bond motifs is 1. The fraction of sp³-hybridized carbons (Fsp3) is 0.421. The van der Waals surface area contributed by atoms with Crippen LogP contribution in [0.15, 0.2) is 34.1 Å². The molecule has 0 fully saturated rings. The molecule has 0 radical (unpaired) electrons. The quantitative estimate of drug-likeness (QED) is 0.517. The number of thioether (sulfide) groups is 1. The van der Waals surface area contributed by atoms with Crippen LogP contribution in [-0.2, 0) is 30.7 Å². The number of carbonyl (C=O) groups is 1. The van der Waals surface area contributed by atoms with Gasteiger partial charge in [0.15, 0.2) is 0 Å². The van der Waals surface area contributed by atoms with Gasteiger partial charge in [0.1, 0.15) is 5.03 Å². The first-order valence-corrected chi connectivity index (χ1v) is 10.3. The summed E-state index contributed by atoms with van der Waals surface area (Å²) in [6, 6.07) is 7.38. The molecule has 2 N–H and O–H groups in total. The monoisotopic (exact) mass is 407 g/mol. The number of aromatic nitrogens is 2. The number of halogens is 1. The molecule has 0 atom stereocenters. The lowest BCUT2D eigenvalue weighted by atomic mass is 10.2. The van der Waals surface area contributed by atoms with Crippen molar-refractivity contribution < 1.29 is 9.90 Å². The Labute approximate surface area is 167 Å². The van der Waals surface area contributed by atoms with Crippen molar-refractivity contribution in [2.75, 3.05) is 12.4 Å². The minimum atomic E-state index is -0.303. The minimum absolute atomic E-state index is 0.0450. The number of nitrogens with zero attached hydrogens (tertiary/aromatic N) is 2. The average Bonchev–Trinajstić information content (AvgIpc) is 3.15. The first kappa shape index (κ1) is 19.9. The van der Waals surface area contributed by atoms with E-state index < -0.39 is 0 Å². The number of aliphatic hydroxyl groups excluding tert-OH is 1. The van der Waals surface area contributed by atoms with Crippen molar-refractivity contribution in [3.63, 3.8) is 0 Å². The molecule has 8 heteroatoms. The number of nitrogens with one attached hydrogen (secondary N) is 1. The first-order chi connectivity index (χ1) is 13.1. The summed E-state index contributed by atoms with van der Waals surface area (Å²) in [5.74, 6) is 0.0715. The summed E-state index contributed by atoms with van der Waals surface area (Å²) in [4.78, 5) is 28.7. The largest absolute Gasteiger partial charge is 0.396 e. The Kier molecular flexibility index (Phi) is 6.93. The number of hydrogen-bond acceptors (Lipinski definition) is 5. The van der Waals surface area contributed by atoms with Crippen molar-refractivity contribution in [1.29, 1.82) is 0 Å². The standard InChI is InChI=1S/C19H22ClN3O3S/c20-15-7-2-1-5-13(15)11-21-17(25)12-27-18-14-6-3-8-16(14)23(9-4-10-24)19(26)22-18/h1-2,5,7,24H,3-4,6,8-12H2,(H,21,25). The summed E-state index contributed by atoms with van der Waals surface area (Å²) in [5, 5.41) is 13.1. The number of amides is 1. The molecule has 0 aliphatic heterocycles. The van der Waals surface area contributed by atoms with Crippen molar-refractivity contribution in [2.24, 2.45) is 0 Å². The Morgan fingerprint density at radius 3 is 2.93 bits per heavy atom. The highest BCUT2D eigenvalue weighted by Gasteiger charge is 2.22. The molecule has 1 amide bonds. The van der Waals surface area contributed by atoms with Gasteiger partial charge in [-0.3, -0.25) is 9.36 Å². The normalized spacial score (nSPS) is 12.8. The van der Waals surface area contributed by atoms with Gasteiger partial charge in [-0.15, -0.1) is 0 Å². The van der Waals surface area contributed by atoms with Crippen molar-refractivity contribution >= 4 is 29.3 Å². The number of aliphatic hydroxyl groups is 1. The summed E-state index contributed by atoms with van der Waals surface area (Å²) in [7, 11) is 0. The predicted octanol–water partition coefficient (Wildman–Crippen LogP) is 2.18. The van der Waals surface area contributed by atoms with E-state index in [-0.39, 0.29) is 24.0 Å². The van der Waals surface area contributed by atoms with Crippen LogP contribution in [0.2, 0.25) is 5.02 Å². The minimum Gasteiger partial charge on any atom is -0.396 e. The van der Waals surface area contributed by atoms with E-state index >= 15 is 0 Å². The van der Waals surface area contributed by atoms with Gasteiger partial charge in [-0.1, -0.05) is 41.6 Å². The zero-order chi connectivity index (χ0) is 19.2. The van der Waals surface area contributed by atoms with E-state index in [0.717, 1.165) is 36.1 Å².